The van der Waals surface area contributed by atoms with E-state index in [-0.39, 0.29) is 13.1 Å². The van der Waals surface area contributed by atoms with Gasteiger partial charge in [-0.2, -0.15) is 13.2 Å². The third-order valence-corrected chi connectivity index (χ3v) is 3.27. The number of carbonyl (C=O) groups excluding carboxylic acids is 1. The average molecular weight is 310 g/mol. The van der Waals surface area contributed by atoms with Gasteiger partial charge in [0.2, 0.25) is 5.54 Å². The summed E-state index contributed by atoms with van der Waals surface area (Å²) < 4.78 is 43.3. The van der Waals surface area contributed by atoms with Gasteiger partial charge in [-0.25, -0.2) is 9.59 Å². The van der Waals surface area contributed by atoms with E-state index in [0.29, 0.717) is 20.0 Å². The van der Waals surface area contributed by atoms with Crippen LogP contribution in [0.1, 0.15) is 13.3 Å². The minimum Gasteiger partial charge on any atom is -0.479 e. The molecule has 0 saturated carbocycles. The molecular formula is C12H17F3N2O4. The minimum absolute atomic E-state index is 0.109. The molecule has 2 amide bonds. The summed E-state index contributed by atoms with van der Waals surface area (Å²) in [5.74, 6) is -2.16. The zero-order valence-corrected chi connectivity index (χ0v) is 11.7. The Morgan fingerprint density at radius 3 is 2.48 bits per heavy atom. The Morgan fingerprint density at radius 2 is 2.10 bits per heavy atom. The van der Waals surface area contributed by atoms with Crippen LogP contribution in [0.25, 0.3) is 0 Å². The number of alkyl halides is 3. The van der Waals surface area contributed by atoms with Crippen LogP contribution >= 0.6 is 0 Å². The zero-order valence-electron chi connectivity index (χ0n) is 11.7. The number of carboxylic acids is 1. The fraction of sp³-hybridized carbons (Fsp3) is 0.667. The van der Waals surface area contributed by atoms with Crippen molar-refractivity contribution >= 4 is 12.0 Å². The maximum atomic E-state index is 12.8. The van der Waals surface area contributed by atoms with Gasteiger partial charge < -0.3 is 20.1 Å². The number of nitrogens with zero attached hydrogens (tertiary/aromatic N) is 1. The van der Waals surface area contributed by atoms with Crippen molar-refractivity contribution < 1.29 is 32.6 Å². The molecule has 1 aliphatic rings. The average Bonchev–Trinajstić information content (AvgIpc) is 2.38. The fourth-order valence-corrected chi connectivity index (χ4v) is 1.75. The Kier molecular flexibility index (Phi) is 5.21. The first-order chi connectivity index (χ1) is 9.61. The van der Waals surface area contributed by atoms with E-state index in [1.165, 1.54) is 7.11 Å². The van der Waals surface area contributed by atoms with Crippen LogP contribution in [0.2, 0.25) is 0 Å². The summed E-state index contributed by atoms with van der Waals surface area (Å²) in [7, 11) is 1.52. The molecule has 2 N–H and O–H groups in total. The summed E-state index contributed by atoms with van der Waals surface area (Å²) >= 11 is 0. The van der Waals surface area contributed by atoms with Crippen molar-refractivity contribution in [1.82, 2.24) is 10.2 Å². The standard InChI is InChI=1S/C12H17F3N2O4/c1-11(9(18)19,12(13,14)15)16-10(20)17-5-3-8(4-6-17)7-21-2/h3H,4-7H2,1-2H3,(H,16,20)(H,18,19). The van der Waals surface area contributed by atoms with Crippen molar-refractivity contribution in [2.24, 2.45) is 0 Å². The van der Waals surface area contributed by atoms with E-state index in [2.05, 4.69) is 0 Å². The third kappa shape index (κ3) is 3.87. The topological polar surface area (TPSA) is 78.9 Å². The molecule has 1 heterocycles. The lowest BCUT2D eigenvalue weighted by molar-refractivity contribution is -0.203. The number of hydrogen-bond acceptors (Lipinski definition) is 3. The molecule has 0 aliphatic carbocycles. The maximum absolute atomic E-state index is 12.8. The molecule has 21 heavy (non-hydrogen) atoms. The molecule has 1 unspecified atom stereocenters. The molecule has 0 spiro atoms. The van der Waals surface area contributed by atoms with Crippen LogP contribution in [0.15, 0.2) is 11.6 Å². The van der Waals surface area contributed by atoms with Gasteiger partial charge in [0.25, 0.3) is 0 Å². The molecular weight excluding hydrogens is 293 g/mol. The van der Waals surface area contributed by atoms with Crippen molar-refractivity contribution in [2.75, 3.05) is 26.8 Å². The Morgan fingerprint density at radius 1 is 1.48 bits per heavy atom. The second kappa shape index (κ2) is 6.33. The number of halogens is 3. The van der Waals surface area contributed by atoms with Crippen LogP contribution in [0.5, 0.6) is 0 Å². The number of carbonyl (C=O) groups is 2. The minimum atomic E-state index is -5.10. The lowest BCUT2D eigenvalue weighted by Gasteiger charge is -2.33. The molecule has 0 aromatic carbocycles. The highest BCUT2D eigenvalue weighted by atomic mass is 19.4. The van der Waals surface area contributed by atoms with E-state index in [0.717, 1.165) is 10.5 Å². The van der Waals surface area contributed by atoms with Gasteiger partial charge >= 0.3 is 18.2 Å². The van der Waals surface area contributed by atoms with Gasteiger partial charge in [0.15, 0.2) is 0 Å². The van der Waals surface area contributed by atoms with Gasteiger partial charge in [-0.15, -0.1) is 0 Å². The number of rotatable bonds is 4. The number of aliphatic carboxylic acids is 1. The molecule has 9 heteroatoms. The summed E-state index contributed by atoms with van der Waals surface area (Å²) in [5, 5.41) is 10.3. The first-order valence-corrected chi connectivity index (χ1v) is 6.16. The summed E-state index contributed by atoms with van der Waals surface area (Å²) in [6.45, 7) is 1.13. The lowest BCUT2D eigenvalue weighted by atomic mass is 10.0. The number of carboxylic acid groups (broad SMARTS) is 1. The Bertz CT molecular complexity index is 450. The molecule has 0 aromatic heterocycles. The molecule has 0 radical (unpaired) electrons. The second-order valence-corrected chi connectivity index (χ2v) is 4.85. The van der Waals surface area contributed by atoms with Gasteiger partial charge in [-0.3, -0.25) is 0 Å². The van der Waals surface area contributed by atoms with Crippen LogP contribution in [0.4, 0.5) is 18.0 Å². The molecule has 1 rings (SSSR count). The number of nitrogens with one attached hydrogen (secondary N) is 1. The quantitative estimate of drug-likeness (QED) is 0.769. The molecule has 120 valence electrons. The van der Waals surface area contributed by atoms with Crippen molar-refractivity contribution in [1.29, 1.82) is 0 Å². The first kappa shape index (κ1) is 17.3. The van der Waals surface area contributed by atoms with Gasteiger partial charge in [0.05, 0.1) is 6.61 Å². The van der Waals surface area contributed by atoms with E-state index < -0.39 is 23.7 Å². The maximum Gasteiger partial charge on any atom is 0.422 e. The molecule has 1 aliphatic heterocycles. The van der Waals surface area contributed by atoms with E-state index in [1.807, 2.05) is 0 Å². The molecule has 1 atom stereocenters. The number of amides is 2. The third-order valence-electron chi connectivity index (χ3n) is 3.27. The van der Waals surface area contributed by atoms with E-state index in [9.17, 15) is 22.8 Å². The zero-order chi connectivity index (χ0) is 16.3. The van der Waals surface area contributed by atoms with Crippen molar-refractivity contribution in [3.05, 3.63) is 11.6 Å². The van der Waals surface area contributed by atoms with Crippen LogP contribution < -0.4 is 5.32 Å². The molecule has 0 fully saturated rings. The van der Waals surface area contributed by atoms with Crippen molar-refractivity contribution in [2.45, 2.75) is 25.1 Å². The van der Waals surface area contributed by atoms with Crippen LogP contribution in [-0.2, 0) is 9.53 Å². The smallest absolute Gasteiger partial charge is 0.422 e. The number of ether oxygens (including phenoxy) is 1. The van der Waals surface area contributed by atoms with Gasteiger partial charge in [-0.05, 0) is 18.9 Å². The summed E-state index contributed by atoms with van der Waals surface area (Å²) in [6, 6.07) is -1.06. The fourth-order valence-electron chi connectivity index (χ4n) is 1.75. The number of methoxy groups -OCH3 is 1. The van der Waals surface area contributed by atoms with E-state index in [4.69, 9.17) is 9.84 Å². The number of hydrogen-bond donors (Lipinski definition) is 2. The van der Waals surface area contributed by atoms with Crippen LogP contribution in [0, 0.1) is 0 Å². The highest BCUT2D eigenvalue weighted by Gasteiger charge is 2.58. The van der Waals surface area contributed by atoms with E-state index in [1.54, 1.807) is 11.4 Å². The van der Waals surface area contributed by atoms with Crippen LogP contribution in [-0.4, -0.2) is 60.5 Å². The predicted molar refractivity (Wildman–Crippen MR) is 66.8 cm³/mol. The monoisotopic (exact) mass is 310 g/mol. The van der Waals surface area contributed by atoms with Crippen molar-refractivity contribution in [3.63, 3.8) is 0 Å². The molecule has 0 aromatic rings. The Balaban J connectivity index is 2.75. The molecule has 6 nitrogen and oxygen atoms in total. The summed E-state index contributed by atoms with van der Waals surface area (Å²) in [5.41, 5.74) is -2.38. The summed E-state index contributed by atoms with van der Waals surface area (Å²) in [4.78, 5) is 23.8. The Labute approximate surface area is 119 Å². The van der Waals surface area contributed by atoms with E-state index >= 15 is 0 Å². The first-order valence-electron chi connectivity index (χ1n) is 6.16. The highest BCUT2D eigenvalue weighted by molar-refractivity contribution is 5.87. The van der Waals surface area contributed by atoms with Gasteiger partial charge in [0.1, 0.15) is 0 Å². The SMILES string of the molecule is COCC1=CCN(C(=O)NC(C)(C(=O)O)C(F)(F)F)CC1. The normalized spacial score (nSPS) is 18.7. The lowest BCUT2D eigenvalue weighted by Crippen LogP contribution is -2.64. The molecule has 0 bridgehead atoms. The Hall–Kier alpha value is -1.77. The van der Waals surface area contributed by atoms with Gasteiger partial charge in [-0.1, -0.05) is 6.08 Å². The van der Waals surface area contributed by atoms with Crippen LogP contribution in [0.3, 0.4) is 0 Å². The van der Waals surface area contributed by atoms with Crippen molar-refractivity contribution in [3.8, 4) is 0 Å². The second-order valence-electron chi connectivity index (χ2n) is 4.85. The molecule has 0 saturated heterocycles. The largest absolute Gasteiger partial charge is 0.479 e. The summed E-state index contributed by atoms with van der Waals surface area (Å²) in [6.07, 6.45) is -2.95. The highest BCUT2D eigenvalue weighted by Crippen LogP contribution is 2.30. The van der Waals surface area contributed by atoms with Gasteiger partial charge in [0, 0.05) is 20.2 Å². The number of urea groups is 1. The predicted octanol–water partition coefficient (Wildman–Crippen LogP) is 1.38.